The number of anilines is 1. The Morgan fingerprint density at radius 3 is 2.95 bits per heavy atom. The average Bonchev–Trinajstić information content (AvgIpc) is 2.85. The van der Waals surface area contributed by atoms with Crippen LogP contribution < -0.4 is 10.1 Å². The Morgan fingerprint density at radius 1 is 1.50 bits per heavy atom. The number of ether oxygens (including phenoxy) is 1. The van der Waals surface area contributed by atoms with Crippen molar-refractivity contribution in [2.24, 2.45) is 0 Å². The molecule has 0 radical (unpaired) electrons. The minimum absolute atomic E-state index is 0.0369. The molecule has 2 aromatic rings. The number of carboxylic acid groups (broad SMARTS) is 1. The molecule has 0 spiro atoms. The summed E-state index contributed by atoms with van der Waals surface area (Å²) in [6.07, 6.45) is 1.44. The number of carboxylic acids is 1. The Kier molecular flexibility index (Phi) is 4.46. The number of nitrogens with zero attached hydrogens (tertiary/aromatic N) is 3. The number of nitrogens with one attached hydrogen (secondary N) is 1. The zero-order valence-corrected chi connectivity index (χ0v) is 11.8. The van der Waals surface area contributed by atoms with E-state index in [1.165, 1.54) is 23.0 Å². The van der Waals surface area contributed by atoms with Crippen LogP contribution in [0.2, 0.25) is 0 Å². The van der Waals surface area contributed by atoms with E-state index in [2.05, 4.69) is 20.3 Å². The molecular weight excluding hydrogens is 280 g/mol. The molecule has 0 atom stereocenters. The van der Waals surface area contributed by atoms with Gasteiger partial charge in [-0.25, -0.2) is 19.7 Å². The van der Waals surface area contributed by atoms with Crippen LogP contribution in [0.5, 0.6) is 5.88 Å². The van der Waals surface area contributed by atoms with E-state index in [1.807, 2.05) is 13.8 Å². The monoisotopic (exact) mass is 294 g/mol. The first kappa shape index (κ1) is 14.2. The van der Waals surface area contributed by atoms with Crippen molar-refractivity contribution in [3.8, 4) is 5.88 Å². The molecule has 2 aromatic heterocycles. The van der Waals surface area contributed by atoms with Crippen molar-refractivity contribution in [3.63, 3.8) is 0 Å². The summed E-state index contributed by atoms with van der Waals surface area (Å²) in [6, 6.07) is 1.69. The molecule has 0 saturated heterocycles. The van der Waals surface area contributed by atoms with Gasteiger partial charge in [0.1, 0.15) is 17.2 Å². The van der Waals surface area contributed by atoms with E-state index >= 15 is 0 Å². The summed E-state index contributed by atoms with van der Waals surface area (Å²) in [4.78, 5) is 22.8. The molecule has 7 nitrogen and oxygen atoms in total. The maximum absolute atomic E-state index is 10.7. The van der Waals surface area contributed by atoms with Crippen molar-refractivity contribution >= 4 is 23.1 Å². The zero-order chi connectivity index (χ0) is 14.5. The van der Waals surface area contributed by atoms with Gasteiger partial charge in [-0.05, 0) is 13.8 Å². The molecule has 0 unspecified atom stereocenters. The number of aromatic carboxylic acids is 1. The molecule has 0 aliphatic rings. The first-order chi connectivity index (χ1) is 9.54. The van der Waals surface area contributed by atoms with Crippen LogP contribution in [0.1, 0.15) is 29.3 Å². The number of aromatic nitrogens is 3. The van der Waals surface area contributed by atoms with E-state index in [0.717, 1.165) is 0 Å². The molecule has 0 aliphatic carbocycles. The summed E-state index contributed by atoms with van der Waals surface area (Å²) >= 11 is 1.28. The maximum atomic E-state index is 10.7. The number of hydrogen-bond donors (Lipinski definition) is 2. The highest BCUT2D eigenvalue weighted by molar-refractivity contribution is 7.09. The largest absolute Gasteiger partial charge is 0.476 e. The van der Waals surface area contributed by atoms with Crippen LogP contribution in [0.3, 0.4) is 0 Å². The third-order valence-electron chi connectivity index (χ3n) is 2.19. The van der Waals surface area contributed by atoms with E-state index in [-0.39, 0.29) is 11.8 Å². The number of thiazole rings is 1. The molecule has 0 fully saturated rings. The lowest BCUT2D eigenvalue weighted by molar-refractivity contribution is 0.0691. The van der Waals surface area contributed by atoms with Gasteiger partial charge in [0.15, 0.2) is 5.69 Å². The average molecular weight is 294 g/mol. The van der Waals surface area contributed by atoms with Crippen LogP contribution in [0.4, 0.5) is 5.82 Å². The Balaban J connectivity index is 1.97. The van der Waals surface area contributed by atoms with Crippen LogP contribution in [-0.2, 0) is 6.54 Å². The summed E-state index contributed by atoms with van der Waals surface area (Å²) in [6.45, 7) is 4.23. The molecule has 8 heteroatoms. The molecular formula is C12H14N4O3S. The van der Waals surface area contributed by atoms with Gasteiger partial charge in [-0.3, -0.25) is 0 Å². The molecule has 0 amide bonds. The highest BCUT2D eigenvalue weighted by atomic mass is 32.1. The molecule has 0 bridgehead atoms. The topological polar surface area (TPSA) is 97.2 Å². The second-order valence-corrected chi connectivity index (χ2v) is 5.14. The van der Waals surface area contributed by atoms with Gasteiger partial charge >= 0.3 is 5.97 Å². The minimum atomic E-state index is -1.03. The Labute approximate surface area is 119 Å². The SMILES string of the molecule is CC(C)Oc1cc(NCc2nc(C(=O)O)cs2)ncn1. The Hall–Kier alpha value is -2.22. The fourth-order valence-electron chi connectivity index (χ4n) is 1.40. The van der Waals surface area contributed by atoms with Gasteiger partial charge < -0.3 is 15.2 Å². The van der Waals surface area contributed by atoms with Gasteiger partial charge in [-0.15, -0.1) is 11.3 Å². The molecule has 106 valence electrons. The number of rotatable bonds is 6. The predicted octanol–water partition coefficient (Wildman–Crippen LogP) is 2.03. The first-order valence-electron chi connectivity index (χ1n) is 5.95. The fourth-order valence-corrected chi connectivity index (χ4v) is 2.11. The summed E-state index contributed by atoms with van der Waals surface area (Å²) < 4.78 is 5.46. The normalized spacial score (nSPS) is 10.6. The van der Waals surface area contributed by atoms with Gasteiger partial charge in [0.05, 0.1) is 12.6 Å². The smallest absolute Gasteiger partial charge is 0.355 e. The Morgan fingerprint density at radius 2 is 2.30 bits per heavy atom. The summed E-state index contributed by atoms with van der Waals surface area (Å²) in [5.41, 5.74) is 0.0540. The van der Waals surface area contributed by atoms with E-state index in [1.54, 1.807) is 6.07 Å². The molecule has 2 rings (SSSR count). The second-order valence-electron chi connectivity index (χ2n) is 4.19. The standard InChI is InChI=1S/C12H14N4O3S/c1-7(2)19-10-3-9(14-6-15-10)13-4-11-16-8(5-20-11)12(17)18/h3,5-7H,4H2,1-2H3,(H,17,18)(H,13,14,15). The van der Waals surface area contributed by atoms with Crippen LogP contribution in [0.25, 0.3) is 0 Å². The van der Waals surface area contributed by atoms with E-state index in [0.29, 0.717) is 23.3 Å². The predicted molar refractivity (Wildman–Crippen MR) is 74.2 cm³/mol. The van der Waals surface area contributed by atoms with Crippen molar-refractivity contribution in [2.75, 3.05) is 5.32 Å². The molecule has 2 N–H and O–H groups in total. The van der Waals surface area contributed by atoms with Crippen molar-refractivity contribution in [2.45, 2.75) is 26.5 Å². The first-order valence-corrected chi connectivity index (χ1v) is 6.83. The van der Waals surface area contributed by atoms with E-state index in [9.17, 15) is 4.79 Å². The number of hydrogen-bond acceptors (Lipinski definition) is 7. The van der Waals surface area contributed by atoms with Crippen molar-refractivity contribution in [1.29, 1.82) is 0 Å². The van der Waals surface area contributed by atoms with Gasteiger partial charge in [0.2, 0.25) is 5.88 Å². The van der Waals surface area contributed by atoms with Crippen molar-refractivity contribution < 1.29 is 14.6 Å². The van der Waals surface area contributed by atoms with Crippen LogP contribution in [0.15, 0.2) is 17.8 Å². The minimum Gasteiger partial charge on any atom is -0.476 e. The second kappa shape index (κ2) is 6.29. The summed E-state index contributed by atoms with van der Waals surface area (Å²) in [5.74, 6) is 0.0627. The van der Waals surface area contributed by atoms with Gasteiger partial charge in [0, 0.05) is 11.4 Å². The lowest BCUT2D eigenvalue weighted by Gasteiger charge is -2.09. The quantitative estimate of drug-likeness (QED) is 0.841. The molecule has 2 heterocycles. The van der Waals surface area contributed by atoms with Crippen molar-refractivity contribution in [3.05, 3.63) is 28.5 Å². The highest BCUT2D eigenvalue weighted by Gasteiger charge is 2.08. The lowest BCUT2D eigenvalue weighted by Crippen LogP contribution is -2.08. The summed E-state index contributed by atoms with van der Waals surface area (Å²) in [7, 11) is 0. The Bertz CT molecular complexity index is 600. The zero-order valence-electron chi connectivity index (χ0n) is 11.0. The van der Waals surface area contributed by atoms with Gasteiger partial charge in [-0.1, -0.05) is 0 Å². The third kappa shape index (κ3) is 3.89. The van der Waals surface area contributed by atoms with E-state index < -0.39 is 5.97 Å². The fraction of sp³-hybridized carbons (Fsp3) is 0.333. The van der Waals surface area contributed by atoms with Gasteiger partial charge in [0.25, 0.3) is 0 Å². The molecule has 0 aliphatic heterocycles. The van der Waals surface area contributed by atoms with Crippen molar-refractivity contribution in [1.82, 2.24) is 15.0 Å². The molecule has 0 saturated carbocycles. The van der Waals surface area contributed by atoms with Crippen LogP contribution in [0, 0.1) is 0 Å². The summed E-state index contributed by atoms with van der Waals surface area (Å²) in [5, 5.41) is 14.0. The third-order valence-corrected chi connectivity index (χ3v) is 3.04. The van der Waals surface area contributed by atoms with Gasteiger partial charge in [-0.2, -0.15) is 0 Å². The van der Waals surface area contributed by atoms with Crippen LogP contribution in [-0.4, -0.2) is 32.1 Å². The lowest BCUT2D eigenvalue weighted by atomic mass is 10.4. The maximum Gasteiger partial charge on any atom is 0.355 e. The number of carbonyl (C=O) groups is 1. The molecule has 0 aromatic carbocycles. The van der Waals surface area contributed by atoms with Crippen LogP contribution >= 0.6 is 11.3 Å². The highest BCUT2D eigenvalue weighted by Crippen LogP contribution is 2.15. The van der Waals surface area contributed by atoms with E-state index in [4.69, 9.17) is 9.84 Å². The molecule has 20 heavy (non-hydrogen) atoms.